The molecule has 234 valence electrons. The van der Waals surface area contributed by atoms with Crippen molar-refractivity contribution in [3.05, 3.63) is 97.2 Å². The maximum Gasteiger partial charge on any atom is 0.314 e. The van der Waals surface area contributed by atoms with E-state index >= 15 is 0 Å². The number of ether oxygens (including phenoxy) is 2. The van der Waals surface area contributed by atoms with Crippen LogP contribution >= 0.6 is 46.4 Å². The molecule has 1 aliphatic rings. The Kier molecular flexibility index (Phi) is 13.3. The Hall–Kier alpha value is -3.37. The van der Waals surface area contributed by atoms with Gasteiger partial charge in [-0.05, 0) is 59.5 Å². The molecule has 1 aliphatic heterocycles. The van der Waals surface area contributed by atoms with E-state index in [1.54, 1.807) is 42.5 Å². The summed E-state index contributed by atoms with van der Waals surface area (Å²) in [5.41, 5.74) is 2.17. The summed E-state index contributed by atoms with van der Waals surface area (Å²) in [6.45, 7) is 0.297. The molecule has 8 nitrogen and oxygen atoms in total. The van der Waals surface area contributed by atoms with Gasteiger partial charge < -0.3 is 19.9 Å². The first-order chi connectivity index (χ1) is 20.9. The molecule has 1 fully saturated rings. The summed E-state index contributed by atoms with van der Waals surface area (Å²) in [5.74, 6) is -3.31. The zero-order chi connectivity index (χ0) is 32.4. The highest BCUT2D eigenvalue weighted by Gasteiger charge is 2.28. The lowest BCUT2D eigenvalue weighted by molar-refractivity contribution is -0.164. The van der Waals surface area contributed by atoms with E-state index in [1.807, 2.05) is 0 Å². The number of rotatable bonds is 10. The molecule has 13 heteroatoms. The minimum Gasteiger partial charge on any atom is -0.494 e. The fraction of sp³-hybridized carbons (Fsp3) is 0.290. The summed E-state index contributed by atoms with van der Waals surface area (Å²) in [5, 5.41) is 13.4. The van der Waals surface area contributed by atoms with Gasteiger partial charge in [0.05, 0.1) is 46.5 Å². The SMILES string of the molecule is COc1ccc(CCNC(=O)CC(CC(=O)O)c2ccc(Cl)c(Cl)c2)cc1F.O=C1CC(c2ccc(Cl)c(Cl)c2)CC(=O)O1. The monoisotopic (exact) mass is 685 g/mol. The maximum atomic E-state index is 13.7. The lowest BCUT2D eigenvalue weighted by Gasteiger charge is -2.20. The molecule has 0 aromatic heterocycles. The first-order valence-corrected chi connectivity index (χ1v) is 14.8. The van der Waals surface area contributed by atoms with Crippen LogP contribution in [0.5, 0.6) is 5.75 Å². The van der Waals surface area contributed by atoms with Crippen LogP contribution in [0.3, 0.4) is 0 Å². The number of carbonyl (C=O) groups excluding carboxylic acids is 3. The third-order valence-corrected chi connectivity index (χ3v) is 8.17. The molecular formula is C31H28Cl4FNO7. The second-order valence-corrected chi connectivity index (χ2v) is 11.5. The van der Waals surface area contributed by atoms with Crippen LogP contribution in [0.1, 0.15) is 54.2 Å². The molecule has 0 bridgehead atoms. The molecule has 3 aromatic carbocycles. The van der Waals surface area contributed by atoms with Crippen molar-refractivity contribution < 1.29 is 38.1 Å². The molecule has 1 atom stereocenters. The summed E-state index contributed by atoms with van der Waals surface area (Å²) in [6.07, 6.45) is 0.604. The van der Waals surface area contributed by atoms with E-state index in [-0.39, 0.29) is 43.3 Å². The molecule has 44 heavy (non-hydrogen) atoms. The van der Waals surface area contributed by atoms with Crippen molar-refractivity contribution in [1.29, 1.82) is 0 Å². The summed E-state index contributed by atoms with van der Waals surface area (Å²) in [7, 11) is 1.39. The number of benzene rings is 3. The van der Waals surface area contributed by atoms with Crippen LogP contribution < -0.4 is 10.1 Å². The molecule has 3 aromatic rings. The van der Waals surface area contributed by atoms with Gasteiger partial charge in [0, 0.05) is 24.8 Å². The number of esters is 2. The lowest BCUT2D eigenvalue weighted by Crippen LogP contribution is -2.27. The third-order valence-electron chi connectivity index (χ3n) is 6.69. The summed E-state index contributed by atoms with van der Waals surface area (Å²) in [4.78, 5) is 45.6. The average Bonchev–Trinajstić information content (AvgIpc) is 2.95. The van der Waals surface area contributed by atoms with Gasteiger partial charge in [0.2, 0.25) is 5.91 Å². The number of cyclic esters (lactones) is 2. The van der Waals surface area contributed by atoms with Gasteiger partial charge in [-0.1, -0.05) is 64.6 Å². The second kappa shape index (κ2) is 16.6. The normalized spacial score (nSPS) is 13.8. The Balaban J connectivity index is 0.000000278. The molecule has 0 saturated carbocycles. The Morgan fingerprint density at radius 3 is 2.14 bits per heavy atom. The number of amides is 1. The predicted molar refractivity (Wildman–Crippen MR) is 165 cm³/mol. The van der Waals surface area contributed by atoms with Gasteiger partial charge in [-0.2, -0.15) is 0 Å². The number of methoxy groups -OCH3 is 1. The fourth-order valence-electron chi connectivity index (χ4n) is 4.48. The Bertz CT molecular complexity index is 1520. The molecule has 4 rings (SSSR count). The van der Waals surface area contributed by atoms with Gasteiger partial charge >= 0.3 is 17.9 Å². The number of aliphatic carboxylic acids is 1. The number of hydrogen-bond acceptors (Lipinski definition) is 6. The highest BCUT2D eigenvalue weighted by atomic mass is 35.5. The molecule has 0 aliphatic carbocycles. The highest BCUT2D eigenvalue weighted by Crippen LogP contribution is 2.33. The number of carbonyl (C=O) groups is 4. The van der Waals surface area contributed by atoms with Crippen LogP contribution in [0, 0.1) is 5.82 Å². The van der Waals surface area contributed by atoms with E-state index in [2.05, 4.69) is 10.1 Å². The second-order valence-electron chi connectivity index (χ2n) is 9.87. The first kappa shape index (κ1) is 35.1. The molecule has 0 radical (unpaired) electrons. The molecule has 1 amide bonds. The number of carboxylic acids is 1. The van der Waals surface area contributed by atoms with Crippen molar-refractivity contribution in [1.82, 2.24) is 5.32 Å². The predicted octanol–water partition coefficient (Wildman–Crippen LogP) is 7.39. The summed E-state index contributed by atoms with van der Waals surface area (Å²) >= 11 is 23.5. The highest BCUT2D eigenvalue weighted by molar-refractivity contribution is 6.42. The Labute approximate surface area is 273 Å². The van der Waals surface area contributed by atoms with E-state index in [0.29, 0.717) is 44.2 Å². The van der Waals surface area contributed by atoms with Gasteiger partial charge in [-0.25, -0.2) is 4.39 Å². The topological polar surface area (TPSA) is 119 Å². The van der Waals surface area contributed by atoms with E-state index in [1.165, 1.54) is 19.2 Å². The van der Waals surface area contributed by atoms with Gasteiger partial charge in [0.15, 0.2) is 11.6 Å². The van der Waals surface area contributed by atoms with Gasteiger partial charge in [-0.15, -0.1) is 0 Å². The largest absolute Gasteiger partial charge is 0.494 e. The van der Waals surface area contributed by atoms with Crippen LogP contribution in [-0.4, -0.2) is 42.6 Å². The minimum absolute atomic E-state index is 0.0127. The Morgan fingerprint density at radius 1 is 0.932 bits per heavy atom. The standard InChI is InChI=1S/C20H20Cl2FNO4.C11H8Cl2O3/c1-28-18-5-2-12(8-17(18)23)6-7-24-19(25)10-14(11-20(26)27)13-3-4-15(21)16(22)9-13;12-8-2-1-6(3-9(8)13)7-4-10(14)16-11(15)5-7/h2-5,8-9,14H,6-7,10-11H2,1H3,(H,24,25)(H,26,27);1-3,7H,4-5H2. The van der Waals surface area contributed by atoms with Gasteiger partial charge in [-0.3, -0.25) is 19.2 Å². The van der Waals surface area contributed by atoms with Crippen LogP contribution in [0.15, 0.2) is 54.6 Å². The van der Waals surface area contributed by atoms with E-state index in [4.69, 9.17) is 56.2 Å². The molecule has 1 saturated heterocycles. The van der Waals surface area contributed by atoms with Crippen LogP contribution in [-0.2, 0) is 30.3 Å². The lowest BCUT2D eigenvalue weighted by atomic mass is 9.91. The van der Waals surface area contributed by atoms with Crippen LogP contribution in [0.4, 0.5) is 4.39 Å². The van der Waals surface area contributed by atoms with Gasteiger partial charge in [0.25, 0.3) is 0 Å². The maximum absolute atomic E-state index is 13.7. The van der Waals surface area contributed by atoms with E-state index < -0.39 is 29.6 Å². The van der Waals surface area contributed by atoms with Crippen LogP contribution in [0.2, 0.25) is 20.1 Å². The van der Waals surface area contributed by atoms with E-state index in [0.717, 1.165) is 5.56 Å². The minimum atomic E-state index is -1.02. The van der Waals surface area contributed by atoms with Crippen molar-refractivity contribution in [2.45, 2.75) is 43.9 Å². The zero-order valence-corrected chi connectivity index (χ0v) is 26.4. The van der Waals surface area contributed by atoms with E-state index in [9.17, 15) is 23.6 Å². The number of hydrogen-bond donors (Lipinski definition) is 2. The van der Waals surface area contributed by atoms with Crippen LogP contribution in [0.25, 0.3) is 0 Å². The third kappa shape index (κ3) is 10.7. The first-order valence-electron chi connectivity index (χ1n) is 13.3. The fourth-order valence-corrected chi connectivity index (χ4v) is 5.09. The molecule has 1 heterocycles. The summed E-state index contributed by atoms with van der Waals surface area (Å²) in [6, 6.07) is 14.5. The van der Waals surface area contributed by atoms with Crippen molar-refractivity contribution in [2.75, 3.05) is 13.7 Å². The Morgan fingerprint density at radius 2 is 1.57 bits per heavy atom. The average molecular weight is 687 g/mol. The molecule has 2 N–H and O–H groups in total. The molecular weight excluding hydrogens is 659 g/mol. The molecule has 0 spiro atoms. The number of halogens is 5. The van der Waals surface area contributed by atoms with Crippen molar-refractivity contribution in [3.8, 4) is 5.75 Å². The van der Waals surface area contributed by atoms with Crippen molar-refractivity contribution >= 4 is 70.2 Å². The number of nitrogens with one attached hydrogen (secondary N) is 1. The smallest absolute Gasteiger partial charge is 0.314 e. The zero-order valence-electron chi connectivity index (χ0n) is 23.4. The van der Waals surface area contributed by atoms with Gasteiger partial charge in [0.1, 0.15) is 0 Å². The molecule has 1 unspecified atom stereocenters. The van der Waals surface area contributed by atoms with Crippen molar-refractivity contribution in [3.63, 3.8) is 0 Å². The summed E-state index contributed by atoms with van der Waals surface area (Å²) < 4.78 is 23.0. The number of carboxylic acid groups (broad SMARTS) is 1. The van der Waals surface area contributed by atoms with Crippen molar-refractivity contribution in [2.24, 2.45) is 0 Å². The quantitative estimate of drug-likeness (QED) is 0.169.